The lowest BCUT2D eigenvalue weighted by Gasteiger charge is -2.19. The van der Waals surface area contributed by atoms with Gasteiger partial charge in [0.25, 0.3) is 5.91 Å². The Morgan fingerprint density at radius 1 is 0.504 bits per heavy atom. The molecule has 0 bridgehead atoms. The van der Waals surface area contributed by atoms with Gasteiger partial charge in [-0.15, -0.1) is 0 Å². The molecular weight excluding hydrogens is 1960 g/mol. The minimum Gasteiger partial charge on any atom is -0.495 e. The van der Waals surface area contributed by atoms with Crippen molar-refractivity contribution < 1.29 is 108 Å². The van der Waals surface area contributed by atoms with E-state index in [1.807, 2.05) is 91.8 Å². The molecule has 752 valence electrons. The van der Waals surface area contributed by atoms with Crippen LogP contribution in [-0.4, -0.2) is 138 Å². The second-order valence-corrected chi connectivity index (χ2v) is 38.1. The number of benzene rings is 9. The number of aryl methyl sites for hydroxylation is 6. The van der Waals surface area contributed by atoms with Crippen LogP contribution in [0.4, 0.5) is 101 Å². The lowest BCUT2D eigenvalue weighted by atomic mass is 10.1. The molecule has 0 aliphatic carbocycles. The van der Waals surface area contributed by atoms with E-state index in [0.717, 1.165) is 59.7 Å². The van der Waals surface area contributed by atoms with E-state index in [0.29, 0.717) is 61.2 Å². The number of alkyl halides is 3. The van der Waals surface area contributed by atoms with E-state index in [-0.39, 0.29) is 128 Å². The van der Waals surface area contributed by atoms with Crippen molar-refractivity contribution in [3.05, 3.63) is 240 Å². The number of hydrogen-bond acceptors (Lipinski definition) is 25. The standard InChI is InChI=1S/C32H35ClN6O5S.C23H27N5O4S.C18H20F3N3O4S.C18H22N6O8S2/c1-8-19(3)18-43-45(42)30-17-26(35-7)25(34-6)16-27(30)38-39-32(41)37-24-15-22(11-12-23(24)33)36-31(40)28(9-2)44-29-13-10-20(4)14-21(29)5;1-15(2)32-33(30)22-14-19(25-6)18(24-5)13-20(22)27-28-23(29)26-10-7-11-31-21-9-8-16(3)12-17(21)4;1-10-5-6-13(15(7-10)28-3)22-17(25)24-23-14-9-12(18(19,20)21)16(8-11(14)2)29(4,26)27;1-21-34(29,30)9-4-5-14(31-2)12(6-9)22-18(27)24-23-13-7-10(16(19)25)11(17(20)26)8-15(13)33(28)32-3/h10-17,19,28,38H,8-9,18H2,1-5H3,(H,36,40)(H2,37,39,41);8-9,12-15,27H,7,10-11H2,1-4H3,(H2,26,28,29);5-9,23H,1-4H3,(H2,22,24,25);4-8,21,23H,1-3H3,(H2,19,25)(H2,20,26)(H2,22,24,27). The highest BCUT2D eigenvalue weighted by atomic mass is 35.5. The van der Waals surface area contributed by atoms with Gasteiger partial charge in [-0.2, -0.15) is 13.2 Å². The van der Waals surface area contributed by atoms with Gasteiger partial charge in [0.15, 0.2) is 71.9 Å². The summed E-state index contributed by atoms with van der Waals surface area (Å²) < 4.78 is 165. The molecule has 41 nitrogen and oxygen atoms in total. The van der Waals surface area contributed by atoms with Crippen molar-refractivity contribution in [2.75, 3.05) is 97.4 Å². The lowest BCUT2D eigenvalue weighted by molar-refractivity contribution is -0.139. The predicted octanol–water partition coefficient (Wildman–Crippen LogP) is 16.5. The first-order chi connectivity index (χ1) is 66.5. The first-order valence-electron chi connectivity index (χ1n) is 41.8. The average molecular weight is 2070 g/mol. The minimum absolute atomic E-state index is 0.00541. The van der Waals surface area contributed by atoms with Crippen LogP contribution in [0.3, 0.4) is 0 Å². The number of urea groups is 4. The van der Waals surface area contributed by atoms with Gasteiger partial charge in [0, 0.05) is 18.5 Å². The van der Waals surface area contributed by atoms with Crippen LogP contribution >= 0.6 is 11.6 Å². The molecule has 0 saturated heterocycles. The number of rotatable bonds is 38. The van der Waals surface area contributed by atoms with E-state index in [1.54, 1.807) is 38.1 Å². The SMILES string of the molecule is CNS(=O)(=O)c1ccc(OC)c(NC(=O)NNc2cc(C(N)=O)c(C(N)=O)cc2S(=O)OC)c1.COc1cc(C)ccc1NC(=O)NNc1cc(C(F)(F)F)c(S(C)(=O)=O)cc1C.[C-]#[N+]c1cc(NNC(=O)NCCCOc2ccc(C)cc2C)c(S(=O)OC(C)C)cc1[N+]#[C-].[C-]#[N+]c1cc(NNC(=O)Nc2cc(NC(=O)C(CC)Oc3ccc(C)cc3C)ccc2Cl)c(S(=O)OCC(C)CC)cc1[N+]#[C-]. The van der Waals surface area contributed by atoms with Crippen molar-refractivity contribution >= 4 is 175 Å². The number of hydrazine groups is 4. The third-order valence-electron chi connectivity index (χ3n) is 19.2. The highest BCUT2D eigenvalue weighted by Gasteiger charge is 2.37. The number of ether oxygens (including phenoxy) is 4. The fraction of sp³-hybridized carbons (Fsp3) is 0.286. The summed E-state index contributed by atoms with van der Waals surface area (Å²) >= 11 is 0.339. The quantitative estimate of drug-likeness (QED) is 0.00971. The van der Waals surface area contributed by atoms with Gasteiger partial charge in [0.05, 0.1) is 153 Å². The molecule has 0 fully saturated rings. The fourth-order valence-corrected chi connectivity index (χ4v) is 16.4. The molecular formula is C91H104ClF3N20O21S5. The molecule has 9 aromatic carbocycles. The summed E-state index contributed by atoms with van der Waals surface area (Å²) in [4.78, 5) is 98.4. The normalized spacial score (nSPS) is 11.9. The molecule has 5 atom stereocenters. The first-order valence-corrected chi connectivity index (χ1v) is 48.7. The van der Waals surface area contributed by atoms with Crippen LogP contribution in [0.2, 0.25) is 5.02 Å². The molecule has 5 unspecified atom stereocenters. The monoisotopic (exact) mass is 2060 g/mol. The Balaban J connectivity index is 0.000000292. The maximum absolute atomic E-state index is 13.3. The molecule has 0 aromatic heterocycles. The first kappa shape index (κ1) is 115. The molecule has 0 aliphatic rings. The van der Waals surface area contributed by atoms with Gasteiger partial charge >= 0.3 is 30.3 Å². The van der Waals surface area contributed by atoms with E-state index in [4.69, 9.17) is 80.9 Å². The Bertz CT molecular complexity index is 6640. The third kappa shape index (κ3) is 34.6. The molecule has 9 aromatic rings. The smallest absolute Gasteiger partial charge is 0.417 e. The van der Waals surface area contributed by atoms with E-state index in [9.17, 15) is 76.2 Å². The van der Waals surface area contributed by atoms with Crippen LogP contribution in [0.1, 0.15) is 114 Å². The van der Waals surface area contributed by atoms with Gasteiger partial charge in [-0.05, 0) is 213 Å². The van der Waals surface area contributed by atoms with Crippen molar-refractivity contribution in [3.8, 4) is 23.0 Å². The maximum atomic E-state index is 13.3. The van der Waals surface area contributed by atoms with Gasteiger partial charge in [0.1, 0.15) is 23.0 Å². The van der Waals surface area contributed by atoms with Crippen LogP contribution < -0.4 is 105 Å². The van der Waals surface area contributed by atoms with Crippen molar-refractivity contribution in [2.24, 2.45) is 17.4 Å². The fourth-order valence-electron chi connectivity index (χ4n) is 11.9. The summed E-state index contributed by atoms with van der Waals surface area (Å²) in [6.07, 6.45) is -3.42. The highest BCUT2D eigenvalue weighted by Crippen LogP contribution is 2.41. The highest BCUT2D eigenvalue weighted by molar-refractivity contribution is 7.90. The molecule has 141 heavy (non-hydrogen) atoms. The number of sulfone groups is 1. The number of carbonyl (C=O) groups is 7. The van der Waals surface area contributed by atoms with E-state index < -0.39 is 112 Å². The predicted molar refractivity (Wildman–Crippen MR) is 530 cm³/mol. The molecule has 0 aliphatic heterocycles. The van der Waals surface area contributed by atoms with Gasteiger partial charge in [-0.1, -0.05) is 80.3 Å². The number of carbonyl (C=O) groups excluding carboxylic acids is 7. The third-order valence-corrected chi connectivity index (χ3v) is 25.4. The average Bonchev–Trinajstić information content (AvgIpc) is 0.773. The number of halogens is 4. The Morgan fingerprint density at radius 2 is 0.986 bits per heavy atom. The zero-order chi connectivity index (χ0) is 105. The van der Waals surface area contributed by atoms with Crippen molar-refractivity contribution in [1.29, 1.82) is 0 Å². The number of amides is 11. The van der Waals surface area contributed by atoms with Gasteiger partial charge < -0.3 is 57.0 Å². The summed E-state index contributed by atoms with van der Waals surface area (Å²) in [7, 11) is -2.79. The molecule has 0 spiro atoms. The van der Waals surface area contributed by atoms with Crippen LogP contribution in [0.15, 0.2) is 164 Å². The lowest BCUT2D eigenvalue weighted by Crippen LogP contribution is -2.40. The number of nitrogens with two attached hydrogens (primary N) is 2. The Kier molecular flexibility index (Phi) is 43.9. The zero-order valence-electron chi connectivity index (χ0n) is 78.8. The van der Waals surface area contributed by atoms with E-state index in [2.05, 4.69) is 94.1 Å². The summed E-state index contributed by atoms with van der Waals surface area (Å²) in [5.74, 6) is -0.207. The topological polar surface area (TPSA) is 541 Å². The molecule has 0 radical (unpaired) electrons. The largest absolute Gasteiger partial charge is 0.495 e. The van der Waals surface area contributed by atoms with Crippen LogP contribution in [0.5, 0.6) is 23.0 Å². The number of hydrogen-bond donors (Lipinski definition) is 16. The zero-order valence-corrected chi connectivity index (χ0v) is 83.7. The van der Waals surface area contributed by atoms with Crippen LogP contribution in [0, 0.1) is 73.7 Å². The minimum atomic E-state index is -4.89. The Hall–Kier alpha value is -14.9. The second kappa shape index (κ2) is 53.9. The molecule has 0 saturated carbocycles. The van der Waals surface area contributed by atoms with Crippen molar-refractivity contribution in [1.82, 2.24) is 31.7 Å². The van der Waals surface area contributed by atoms with Crippen LogP contribution in [0.25, 0.3) is 19.4 Å². The number of anilines is 8. The van der Waals surface area contributed by atoms with Crippen molar-refractivity contribution in [2.45, 2.75) is 138 Å². The van der Waals surface area contributed by atoms with Gasteiger partial charge in [-0.25, -0.2) is 53.4 Å². The summed E-state index contributed by atoms with van der Waals surface area (Å²) in [6.45, 7) is 50.6. The summed E-state index contributed by atoms with van der Waals surface area (Å²) in [6, 6.07) is 31.2. The Morgan fingerprint density at radius 3 is 1.48 bits per heavy atom. The summed E-state index contributed by atoms with van der Waals surface area (Å²) in [5.41, 5.74) is 34.6. The molecule has 9 rings (SSSR count). The molecule has 11 amide bonds. The maximum Gasteiger partial charge on any atom is 0.417 e. The second-order valence-electron chi connectivity index (χ2n) is 30.3. The molecule has 0 heterocycles. The van der Waals surface area contributed by atoms with E-state index >= 15 is 0 Å². The number of methoxy groups -OCH3 is 2. The number of sulfonamides is 1. The van der Waals surface area contributed by atoms with Crippen molar-refractivity contribution in [3.63, 3.8) is 0 Å². The summed E-state index contributed by atoms with van der Waals surface area (Å²) in [5, 5.41) is 13.2. The number of nitrogens with one attached hydrogen (secondary N) is 14. The number of primary amides is 2. The molecule has 18 N–H and O–H groups in total. The van der Waals surface area contributed by atoms with E-state index in [1.165, 1.54) is 88.4 Å². The van der Waals surface area contributed by atoms with Gasteiger partial charge in [0.2, 0.25) is 21.8 Å². The number of nitrogens with zero attached hydrogens (tertiary/aromatic N) is 4. The molecule has 50 heteroatoms. The Labute approximate surface area is 825 Å². The van der Waals surface area contributed by atoms with Crippen LogP contribution in [-0.2, 0) is 76.6 Å². The van der Waals surface area contributed by atoms with Gasteiger partial charge in [-0.3, -0.25) is 89.7 Å².